The van der Waals surface area contributed by atoms with Gasteiger partial charge in [-0.1, -0.05) is 30.3 Å². The van der Waals surface area contributed by atoms with Crippen molar-refractivity contribution in [2.75, 3.05) is 0 Å². The molecule has 0 saturated heterocycles. The Morgan fingerprint density at radius 2 is 1.61 bits per heavy atom. The number of allylic oxidation sites excluding steroid dienone is 2. The van der Waals surface area contributed by atoms with Gasteiger partial charge in [-0.05, 0) is 12.5 Å². The van der Waals surface area contributed by atoms with E-state index in [1.54, 1.807) is 0 Å². The standard InChI is InChI=1S/C14H10N4/c1-10-7-12(11-5-3-2-4-6-11)18-14(9-16)13(8-15)17-10/h2-6H,7H2,1H3. The molecule has 0 bridgehead atoms. The molecule has 2 rings (SSSR count). The van der Waals surface area contributed by atoms with Crippen molar-refractivity contribution in [3.63, 3.8) is 0 Å². The third-order valence-corrected chi connectivity index (χ3v) is 2.52. The van der Waals surface area contributed by atoms with Gasteiger partial charge < -0.3 is 0 Å². The van der Waals surface area contributed by atoms with Crippen LogP contribution in [-0.2, 0) is 0 Å². The third kappa shape index (κ3) is 2.34. The van der Waals surface area contributed by atoms with Crippen LogP contribution in [0.5, 0.6) is 0 Å². The van der Waals surface area contributed by atoms with Gasteiger partial charge in [0, 0.05) is 12.1 Å². The van der Waals surface area contributed by atoms with Gasteiger partial charge in [-0.3, -0.25) is 0 Å². The molecule has 86 valence electrons. The Hall–Kier alpha value is -2.72. The lowest BCUT2D eigenvalue weighted by Gasteiger charge is -2.03. The average Bonchev–Trinajstić information content (AvgIpc) is 2.58. The first-order chi connectivity index (χ1) is 8.74. The summed E-state index contributed by atoms with van der Waals surface area (Å²) in [6.45, 7) is 1.83. The molecule has 0 radical (unpaired) electrons. The zero-order chi connectivity index (χ0) is 13.0. The van der Waals surface area contributed by atoms with E-state index in [9.17, 15) is 0 Å². The maximum absolute atomic E-state index is 9.03. The average molecular weight is 234 g/mol. The van der Waals surface area contributed by atoms with Crippen molar-refractivity contribution < 1.29 is 0 Å². The van der Waals surface area contributed by atoms with E-state index in [2.05, 4.69) is 9.98 Å². The summed E-state index contributed by atoms with van der Waals surface area (Å²) in [4.78, 5) is 8.39. The molecule has 0 aromatic heterocycles. The summed E-state index contributed by atoms with van der Waals surface area (Å²) in [5.74, 6) is 0. The van der Waals surface area contributed by atoms with Crippen molar-refractivity contribution in [2.45, 2.75) is 13.3 Å². The lowest BCUT2D eigenvalue weighted by atomic mass is 10.1. The number of hydrogen-bond donors (Lipinski definition) is 0. The lowest BCUT2D eigenvalue weighted by molar-refractivity contribution is 1.27. The molecule has 4 nitrogen and oxygen atoms in total. The van der Waals surface area contributed by atoms with Crippen LogP contribution in [0.1, 0.15) is 18.9 Å². The molecule has 0 fully saturated rings. The van der Waals surface area contributed by atoms with Crippen LogP contribution in [-0.4, -0.2) is 11.4 Å². The van der Waals surface area contributed by atoms with Crippen molar-refractivity contribution in [2.24, 2.45) is 9.98 Å². The van der Waals surface area contributed by atoms with Crippen LogP contribution < -0.4 is 0 Å². The molecule has 1 aromatic rings. The van der Waals surface area contributed by atoms with Gasteiger partial charge in [0.05, 0.1) is 5.71 Å². The summed E-state index contributed by atoms with van der Waals surface area (Å²) in [6, 6.07) is 13.4. The summed E-state index contributed by atoms with van der Waals surface area (Å²) < 4.78 is 0. The number of nitrogens with zero attached hydrogens (tertiary/aromatic N) is 4. The van der Waals surface area contributed by atoms with E-state index >= 15 is 0 Å². The third-order valence-electron chi connectivity index (χ3n) is 2.52. The fourth-order valence-electron chi connectivity index (χ4n) is 1.71. The summed E-state index contributed by atoms with van der Waals surface area (Å²) in [5, 5.41) is 18.0. The molecular formula is C14H10N4. The van der Waals surface area contributed by atoms with Gasteiger partial charge in [0.2, 0.25) is 0 Å². The van der Waals surface area contributed by atoms with Gasteiger partial charge >= 0.3 is 0 Å². The van der Waals surface area contributed by atoms with Crippen LogP contribution in [0.2, 0.25) is 0 Å². The number of hydrogen-bond acceptors (Lipinski definition) is 4. The second-order valence-corrected chi connectivity index (χ2v) is 3.87. The molecule has 0 unspecified atom stereocenters. The van der Waals surface area contributed by atoms with Crippen LogP contribution >= 0.6 is 0 Å². The highest BCUT2D eigenvalue weighted by molar-refractivity contribution is 6.13. The highest BCUT2D eigenvalue weighted by Gasteiger charge is 2.14. The van der Waals surface area contributed by atoms with E-state index in [4.69, 9.17) is 10.5 Å². The maximum Gasteiger partial charge on any atom is 0.177 e. The second kappa shape index (κ2) is 5.07. The van der Waals surface area contributed by atoms with Crippen molar-refractivity contribution in [1.82, 2.24) is 0 Å². The van der Waals surface area contributed by atoms with Crippen LogP contribution in [0.4, 0.5) is 0 Å². The highest BCUT2D eigenvalue weighted by Crippen LogP contribution is 2.16. The molecule has 1 aromatic carbocycles. The van der Waals surface area contributed by atoms with E-state index < -0.39 is 0 Å². The molecule has 1 heterocycles. The molecule has 1 aliphatic rings. The Balaban J connectivity index is 2.56. The lowest BCUT2D eigenvalue weighted by Crippen LogP contribution is -2.05. The normalized spacial score (nSPS) is 15.1. The fourth-order valence-corrected chi connectivity index (χ4v) is 1.71. The van der Waals surface area contributed by atoms with Gasteiger partial charge in [0.1, 0.15) is 12.1 Å². The minimum Gasteiger partial charge on any atom is -0.244 e. The molecular weight excluding hydrogens is 224 g/mol. The first kappa shape index (κ1) is 11.8. The SMILES string of the molecule is CC1=NC(C#N)=C(C#N)N=C(c2ccccc2)C1. The van der Waals surface area contributed by atoms with E-state index in [1.165, 1.54) is 0 Å². The van der Waals surface area contributed by atoms with Crippen molar-refractivity contribution in [3.05, 3.63) is 47.3 Å². The molecule has 0 saturated carbocycles. The Morgan fingerprint density at radius 3 is 2.22 bits per heavy atom. The quantitative estimate of drug-likeness (QED) is 0.749. The predicted molar refractivity (Wildman–Crippen MR) is 69.0 cm³/mol. The number of benzene rings is 1. The summed E-state index contributed by atoms with van der Waals surface area (Å²) in [5.41, 5.74) is 2.64. The Labute approximate surface area is 105 Å². The van der Waals surface area contributed by atoms with Gasteiger partial charge in [-0.2, -0.15) is 10.5 Å². The van der Waals surface area contributed by atoms with E-state index in [0.29, 0.717) is 6.42 Å². The zero-order valence-corrected chi connectivity index (χ0v) is 9.88. The number of nitriles is 2. The van der Waals surface area contributed by atoms with E-state index in [0.717, 1.165) is 17.0 Å². The number of aliphatic imine (C=N–C) groups is 2. The molecule has 0 amide bonds. The highest BCUT2D eigenvalue weighted by atomic mass is 14.9. The molecule has 0 spiro atoms. The van der Waals surface area contributed by atoms with Gasteiger partial charge in [-0.15, -0.1) is 0 Å². The van der Waals surface area contributed by atoms with Crippen molar-refractivity contribution >= 4 is 11.4 Å². The fraction of sp³-hybridized carbons (Fsp3) is 0.143. The Morgan fingerprint density at radius 1 is 1.00 bits per heavy atom. The van der Waals surface area contributed by atoms with Crippen molar-refractivity contribution in [3.8, 4) is 12.1 Å². The predicted octanol–water partition coefficient (Wildman–Crippen LogP) is 2.60. The molecule has 1 aliphatic heterocycles. The summed E-state index contributed by atoms with van der Waals surface area (Å²) in [7, 11) is 0. The van der Waals surface area contributed by atoms with Crippen LogP contribution in [0.3, 0.4) is 0 Å². The summed E-state index contributed by atoms with van der Waals surface area (Å²) >= 11 is 0. The minimum atomic E-state index is 0.0770. The smallest absolute Gasteiger partial charge is 0.177 e. The number of rotatable bonds is 1. The van der Waals surface area contributed by atoms with Crippen LogP contribution in [0, 0.1) is 22.7 Å². The molecule has 0 aliphatic carbocycles. The van der Waals surface area contributed by atoms with Crippen LogP contribution in [0.25, 0.3) is 0 Å². The Kier molecular flexibility index (Phi) is 3.31. The van der Waals surface area contributed by atoms with Crippen LogP contribution in [0.15, 0.2) is 51.7 Å². The minimum absolute atomic E-state index is 0.0770. The first-order valence-electron chi connectivity index (χ1n) is 5.46. The second-order valence-electron chi connectivity index (χ2n) is 3.87. The topological polar surface area (TPSA) is 72.3 Å². The molecule has 0 N–H and O–H groups in total. The zero-order valence-electron chi connectivity index (χ0n) is 9.88. The first-order valence-corrected chi connectivity index (χ1v) is 5.46. The van der Waals surface area contributed by atoms with Gasteiger partial charge in [-0.25, -0.2) is 9.98 Å². The maximum atomic E-state index is 9.03. The van der Waals surface area contributed by atoms with Gasteiger partial charge in [0.25, 0.3) is 0 Å². The molecule has 18 heavy (non-hydrogen) atoms. The van der Waals surface area contributed by atoms with E-state index in [1.807, 2.05) is 49.4 Å². The van der Waals surface area contributed by atoms with E-state index in [-0.39, 0.29) is 11.4 Å². The Bertz CT molecular complexity index is 637. The van der Waals surface area contributed by atoms with Crippen molar-refractivity contribution in [1.29, 1.82) is 10.5 Å². The molecule has 0 atom stereocenters. The van der Waals surface area contributed by atoms with Gasteiger partial charge in [0.15, 0.2) is 11.4 Å². The summed E-state index contributed by atoms with van der Waals surface area (Å²) in [6.07, 6.45) is 0.542. The molecule has 4 heteroatoms. The monoisotopic (exact) mass is 234 g/mol. The largest absolute Gasteiger partial charge is 0.244 e.